The van der Waals surface area contributed by atoms with E-state index in [1.54, 1.807) is 6.08 Å². The van der Waals surface area contributed by atoms with Gasteiger partial charge >= 0.3 is 0 Å². The summed E-state index contributed by atoms with van der Waals surface area (Å²) in [7, 11) is 0. The second-order valence-electron chi connectivity index (χ2n) is 1.65. The first-order valence-corrected chi connectivity index (χ1v) is 2.68. The number of hydrogen-bond donors (Lipinski definition) is 0. The average Bonchev–Trinajstić information content (AvgIpc) is 1.83. The van der Waals surface area contributed by atoms with Crippen LogP contribution in [0.25, 0.3) is 0 Å². The molecule has 0 heterocycles. The molecular formula is C7H11O. The molecule has 0 amide bonds. The zero-order valence-electron chi connectivity index (χ0n) is 5.18. The van der Waals surface area contributed by atoms with E-state index in [9.17, 15) is 5.11 Å². The Bertz CT molecular complexity index is 92.6. The van der Waals surface area contributed by atoms with Crippen LogP contribution in [0.5, 0.6) is 0 Å². The van der Waals surface area contributed by atoms with Crippen LogP contribution in [-0.4, -0.2) is 6.61 Å². The van der Waals surface area contributed by atoms with Gasteiger partial charge in [0.1, 0.15) is 0 Å². The molecule has 0 saturated heterocycles. The highest BCUT2D eigenvalue weighted by atomic mass is 16.2. The molecular weight excluding hydrogens is 100 g/mol. The third kappa shape index (κ3) is 3.62. The van der Waals surface area contributed by atoms with Gasteiger partial charge in [0.25, 0.3) is 0 Å². The van der Waals surface area contributed by atoms with Crippen molar-refractivity contribution in [2.45, 2.75) is 13.3 Å². The summed E-state index contributed by atoms with van der Waals surface area (Å²) in [6.07, 6.45) is 4.26. The maximum atomic E-state index is 9.87. The van der Waals surface area contributed by atoms with Gasteiger partial charge < -0.3 is 0 Å². The quantitative estimate of drug-likeness (QED) is 0.496. The minimum Gasteiger partial charge on any atom is -0.236 e. The largest absolute Gasteiger partial charge is 0.236 e. The van der Waals surface area contributed by atoms with Crippen molar-refractivity contribution in [1.82, 2.24) is 0 Å². The number of rotatable bonds is 3. The Morgan fingerprint density at radius 1 is 1.75 bits per heavy atom. The highest BCUT2D eigenvalue weighted by Gasteiger charge is 1.78. The molecule has 0 unspecified atom stereocenters. The summed E-state index contributed by atoms with van der Waals surface area (Å²) in [6, 6.07) is 0. The third-order valence-electron chi connectivity index (χ3n) is 0.906. The molecule has 0 saturated carbocycles. The summed E-state index contributed by atoms with van der Waals surface area (Å²) >= 11 is 0. The Kier molecular flexibility index (Phi) is 4.27. The van der Waals surface area contributed by atoms with E-state index >= 15 is 0 Å². The lowest BCUT2D eigenvalue weighted by atomic mass is 10.2. The first kappa shape index (κ1) is 7.44. The molecule has 0 spiro atoms. The van der Waals surface area contributed by atoms with Crippen molar-refractivity contribution in [2.75, 3.05) is 6.61 Å². The van der Waals surface area contributed by atoms with Crippen molar-refractivity contribution in [1.29, 1.82) is 0 Å². The lowest BCUT2D eigenvalue weighted by Crippen LogP contribution is -1.74. The van der Waals surface area contributed by atoms with Crippen molar-refractivity contribution < 1.29 is 5.11 Å². The lowest BCUT2D eigenvalue weighted by Gasteiger charge is -1.85. The van der Waals surface area contributed by atoms with Crippen LogP contribution in [0, 0.1) is 0 Å². The molecule has 0 fully saturated rings. The van der Waals surface area contributed by atoms with Crippen LogP contribution in [0.1, 0.15) is 13.3 Å². The predicted octanol–water partition coefficient (Wildman–Crippen LogP) is 1.94. The van der Waals surface area contributed by atoms with Crippen molar-refractivity contribution in [2.24, 2.45) is 0 Å². The number of hydrogen-bond acceptors (Lipinski definition) is 0. The molecule has 0 aromatic carbocycles. The fourth-order valence-corrected chi connectivity index (χ4v) is 0.370. The Morgan fingerprint density at radius 3 is 2.75 bits per heavy atom. The average molecular weight is 111 g/mol. The molecule has 0 aromatic rings. The predicted molar refractivity (Wildman–Crippen MR) is 34.1 cm³/mol. The minimum atomic E-state index is -0.0226. The molecule has 0 N–H and O–H groups in total. The van der Waals surface area contributed by atoms with Crippen molar-refractivity contribution in [3.63, 3.8) is 0 Å². The van der Waals surface area contributed by atoms with Gasteiger partial charge in [0.15, 0.2) is 0 Å². The Morgan fingerprint density at radius 2 is 2.38 bits per heavy atom. The maximum Gasteiger partial charge on any atom is 0.0856 e. The van der Waals surface area contributed by atoms with Crippen LogP contribution < -0.4 is 0 Å². The van der Waals surface area contributed by atoms with Gasteiger partial charge in [-0.25, -0.2) is 5.11 Å². The molecule has 1 nitrogen and oxygen atoms in total. The Hall–Kier alpha value is -0.560. The smallest absolute Gasteiger partial charge is 0.0856 e. The standard InChI is InChI=1S/C7H11O/c1-3-7(2)5-4-6-8/h3,5H,1,4,6H2,2H3/b7-5+. The molecule has 1 heteroatoms. The van der Waals surface area contributed by atoms with E-state index < -0.39 is 0 Å². The molecule has 0 aliphatic carbocycles. The summed E-state index contributed by atoms with van der Waals surface area (Å²) in [5.74, 6) is 0. The zero-order valence-corrected chi connectivity index (χ0v) is 5.18. The Labute approximate surface area is 50.3 Å². The van der Waals surface area contributed by atoms with Crippen LogP contribution >= 0.6 is 0 Å². The highest BCUT2D eigenvalue weighted by Crippen LogP contribution is 1.93. The van der Waals surface area contributed by atoms with E-state index in [1.165, 1.54) is 0 Å². The van der Waals surface area contributed by atoms with E-state index in [0.29, 0.717) is 6.42 Å². The SMILES string of the molecule is C=C/C(C)=C/CC[O]. The normalized spacial score (nSPS) is 11.5. The summed E-state index contributed by atoms with van der Waals surface area (Å²) in [5.41, 5.74) is 1.08. The topological polar surface area (TPSA) is 19.9 Å². The van der Waals surface area contributed by atoms with Gasteiger partial charge in [0.2, 0.25) is 0 Å². The van der Waals surface area contributed by atoms with Crippen LogP contribution in [0.3, 0.4) is 0 Å². The van der Waals surface area contributed by atoms with Crippen molar-refractivity contribution in [3.8, 4) is 0 Å². The lowest BCUT2D eigenvalue weighted by molar-refractivity contribution is 0.199. The van der Waals surface area contributed by atoms with Gasteiger partial charge in [0.05, 0.1) is 6.61 Å². The van der Waals surface area contributed by atoms with Crippen LogP contribution in [0.2, 0.25) is 0 Å². The minimum absolute atomic E-state index is 0.0226. The molecule has 0 atom stereocenters. The second-order valence-corrected chi connectivity index (χ2v) is 1.65. The second kappa shape index (κ2) is 4.60. The van der Waals surface area contributed by atoms with Gasteiger partial charge in [0, 0.05) is 0 Å². The summed E-state index contributed by atoms with van der Waals surface area (Å²) in [5, 5.41) is 9.87. The van der Waals surface area contributed by atoms with E-state index in [2.05, 4.69) is 6.58 Å². The van der Waals surface area contributed by atoms with Crippen molar-refractivity contribution >= 4 is 0 Å². The molecule has 0 rings (SSSR count). The highest BCUT2D eigenvalue weighted by molar-refractivity contribution is 5.12. The van der Waals surface area contributed by atoms with Gasteiger partial charge in [-0.1, -0.05) is 24.3 Å². The molecule has 1 radical (unpaired) electrons. The van der Waals surface area contributed by atoms with Crippen molar-refractivity contribution in [3.05, 3.63) is 24.3 Å². The maximum absolute atomic E-state index is 9.87. The molecule has 0 aliphatic rings. The first-order valence-electron chi connectivity index (χ1n) is 2.68. The summed E-state index contributed by atoms with van der Waals surface area (Å²) in [4.78, 5) is 0. The molecule has 45 valence electrons. The fourth-order valence-electron chi connectivity index (χ4n) is 0.370. The third-order valence-corrected chi connectivity index (χ3v) is 0.906. The fraction of sp³-hybridized carbons (Fsp3) is 0.429. The monoisotopic (exact) mass is 111 g/mol. The number of allylic oxidation sites excluding steroid dienone is 2. The molecule has 0 aromatic heterocycles. The van der Waals surface area contributed by atoms with Crippen LogP contribution in [-0.2, 0) is 5.11 Å². The van der Waals surface area contributed by atoms with E-state index in [1.807, 2.05) is 13.0 Å². The molecule has 8 heavy (non-hydrogen) atoms. The first-order chi connectivity index (χ1) is 3.81. The van der Waals surface area contributed by atoms with Gasteiger partial charge in [-0.3, -0.25) is 0 Å². The van der Waals surface area contributed by atoms with Gasteiger partial charge in [-0.2, -0.15) is 0 Å². The van der Waals surface area contributed by atoms with Gasteiger partial charge in [-0.15, -0.1) is 0 Å². The van der Waals surface area contributed by atoms with Crippen LogP contribution in [0.15, 0.2) is 24.3 Å². The summed E-state index contributed by atoms with van der Waals surface area (Å²) in [6.45, 7) is 5.45. The van der Waals surface area contributed by atoms with Gasteiger partial charge in [-0.05, 0) is 13.3 Å². The van der Waals surface area contributed by atoms with E-state index in [0.717, 1.165) is 5.57 Å². The van der Waals surface area contributed by atoms with E-state index in [-0.39, 0.29) is 6.61 Å². The zero-order chi connectivity index (χ0) is 6.41. The van der Waals surface area contributed by atoms with Crippen LogP contribution in [0.4, 0.5) is 0 Å². The van der Waals surface area contributed by atoms with E-state index in [4.69, 9.17) is 0 Å². The summed E-state index contributed by atoms with van der Waals surface area (Å²) < 4.78 is 0. The molecule has 0 aliphatic heterocycles. The Balaban J connectivity index is 3.40. The molecule has 0 bridgehead atoms.